The van der Waals surface area contributed by atoms with Gasteiger partial charge in [0, 0.05) is 19.2 Å². The molecule has 0 fully saturated rings. The number of ether oxygens (including phenoxy) is 1. The lowest BCUT2D eigenvalue weighted by Gasteiger charge is -2.25. The second kappa shape index (κ2) is 7.69. The van der Waals surface area contributed by atoms with E-state index < -0.39 is 22.6 Å². The second-order valence-corrected chi connectivity index (χ2v) is 5.39. The highest BCUT2D eigenvalue weighted by atomic mass is 19.2. The van der Waals surface area contributed by atoms with Gasteiger partial charge in [0.2, 0.25) is 0 Å². The van der Waals surface area contributed by atoms with Gasteiger partial charge in [0.15, 0.2) is 18.2 Å². The van der Waals surface area contributed by atoms with Gasteiger partial charge in [-0.25, -0.2) is 8.78 Å². The van der Waals surface area contributed by atoms with Crippen LogP contribution < -0.4 is 4.74 Å². The average molecular weight is 350 g/mol. The molecular weight excluding hydrogens is 334 g/mol. The number of likely N-dealkylation sites (N-methyl/N-ethyl adjacent to an activating group) is 1. The number of nitrogens with zero attached hydrogens (tertiary/aromatic N) is 2. The zero-order valence-corrected chi connectivity index (χ0v) is 13.6. The van der Waals surface area contributed by atoms with Gasteiger partial charge in [-0.15, -0.1) is 0 Å². The van der Waals surface area contributed by atoms with Crippen LogP contribution >= 0.6 is 0 Å². The Hall–Kier alpha value is -3.03. The molecule has 0 spiro atoms. The van der Waals surface area contributed by atoms with E-state index in [1.54, 1.807) is 6.92 Å². The number of amides is 1. The van der Waals surface area contributed by atoms with Crippen molar-refractivity contribution in [3.05, 3.63) is 69.8 Å². The highest BCUT2D eigenvalue weighted by Gasteiger charge is 2.19. The van der Waals surface area contributed by atoms with Gasteiger partial charge in [0.1, 0.15) is 5.75 Å². The van der Waals surface area contributed by atoms with E-state index in [1.807, 2.05) is 0 Å². The summed E-state index contributed by atoms with van der Waals surface area (Å²) in [4.78, 5) is 23.6. The first-order valence-corrected chi connectivity index (χ1v) is 7.37. The summed E-state index contributed by atoms with van der Waals surface area (Å²) in [7, 11) is 1.52. The molecule has 25 heavy (non-hydrogen) atoms. The predicted octanol–water partition coefficient (Wildman–Crippen LogP) is 3.47. The molecule has 1 amide bonds. The lowest BCUT2D eigenvalue weighted by atomic mass is 10.1. The van der Waals surface area contributed by atoms with E-state index in [0.29, 0.717) is 11.3 Å². The van der Waals surface area contributed by atoms with Crippen LogP contribution in [0.2, 0.25) is 0 Å². The van der Waals surface area contributed by atoms with Crippen LogP contribution in [0.1, 0.15) is 18.5 Å². The Morgan fingerprint density at radius 1 is 1.20 bits per heavy atom. The number of hydrogen-bond donors (Lipinski definition) is 0. The molecule has 0 radical (unpaired) electrons. The average Bonchev–Trinajstić information content (AvgIpc) is 2.61. The highest BCUT2D eigenvalue weighted by Crippen LogP contribution is 2.22. The molecule has 0 aliphatic carbocycles. The standard InChI is InChI=1S/C17H16F2N2O4/c1-11(12-3-8-15(18)16(19)9-12)20(2)17(22)10-25-14-6-4-13(5-7-14)21(23)24/h3-9,11H,10H2,1-2H3. The van der Waals surface area contributed by atoms with Gasteiger partial charge in [0.05, 0.1) is 11.0 Å². The van der Waals surface area contributed by atoms with Crippen molar-refractivity contribution in [3.63, 3.8) is 0 Å². The number of carbonyl (C=O) groups is 1. The van der Waals surface area contributed by atoms with Crippen molar-refractivity contribution >= 4 is 11.6 Å². The minimum atomic E-state index is -0.979. The predicted molar refractivity (Wildman–Crippen MR) is 86.1 cm³/mol. The number of hydrogen-bond acceptors (Lipinski definition) is 4. The molecule has 0 bridgehead atoms. The number of benzene rings is 2. The molecule has 2 aromatic rings. The van der Waals surface area contributed by atoms with Gasteiger partial charge in [-0.1, -0.05) is 6.07 Å². The van der Waals surface area contributed by atoms with E-state index in [1.165, 1.54) is 42.3 Å². The molecule has 0 saturated heterocycles. The Bertz CT molecular complexity index is 781. The van der Waals surface area contributed by atoms with Crippen molar-refractivity contribution < 1.29 is 23.2 Å². The van der Waals surface area contributed by atoms with Crippen LogP contribution in [0.3, 0.4) is 0 Å². The maximum Gasteiger partial charge on any atom is 0.269 e. The Morgan fingerprint density at radius 2 is 1.84 bits per heavy atom. The lowest BCUT2D eigenvalue weighted by Crippen LogP contribution is -2.33. The quantitative estimate of drug-likeness (QED) is 0.591. The minimum absolute atomic E-state index is 0.0808. The summed E-state index contributed by atoms with van der Waals surface area (Å²) in [6.07, 6.45) is 0. The zero-order valence-electron chi connectivity index (χ0n) is 13.6. The van der Waals surface area contributed by atoms with E-state index in [0.717, 1.165) is 12.1 Å². The summed E-state index contributed by atoms with van der Waals surface area (Å²) in [6, 6.07) is 8.30. The van der Waals surface area contributed by atoms with E-state index in [9.17, 15) is 23.7 Å². The number of nitro benzene ring substituents is 1. The van der Waals surface area contributed by atoms with Crippen molar-refractivity contribution in [2.75, 3.05) is 13.7 Å². The van der Waals surface area contributed by atoms with Gasteiger partial charge in [0.25, 0.3) is 11.6 Å². The maximum absolute atomic E-state index is 13.3. The van der Waals surface area contributed by atoms with E-state index in [2.05, 4.69) is 0 Å². The summed E-state index contributed by atoms with van der Waals surface area (Å²) in [6.45, 7) is 1.39. The number of carbonyl (C=O) groups excluding carboxylic acids is 1. The molecule has 2 rings (SSSR count). The van der Waals surface area contributed by atoms with Crippen LogP contribution in [0, 0.1) is 21.7 Å². The van der Waals surface area contributed by atoms with E-state index >= 15 is 0 Å². The lowest BCUT2D eigenvalue weighted by molar-refractivity contribution is -0.384. The van der Waals surface area contributed by atoms with Gasteiger partial charge in [-0.3, -0.25) is 14.9 Å². The fraction of sp³-hybridized carbons (Fsp3) is 0.235. The van der Waals surface area contributed by atoms with Crippen molar-refractivity contribution in [1.29, 1.82) is 0 Å². The summed E-state index contributed by atoms with van der Waals surface area (Å²) in [5, 5.41) is 10.6. The van der Waals surface area contributed by atoms with E-state index in [-0.39, 0.29) is 18.2 Å². The van der Waals surface area contributed by atoms with Crippen LogP contribution in [0.25, 0.3) is 0 Å². The van der Waals surface area contributed by atoms with E-state index in [4.69, 9.17) is 4.74 Å². The van der Waals surface area contributed by atoms with Crippen LogP contribution in [-0.2, 0) is 4.79 Å². The molecule has 0 N–H and O–H groups in total. The second-order valence-electron chi connectivity index (χ2n) is 5.39. The first kappa shape index (κ1) is 18.3. The molecule has 132 valence electrons. The van der Waals surface area contributed by atoms with Crippen LogP contribution in [0.5, 0.6) is 5.75 Å². The smallest absolute Gasteiger partial charge is 0.269 e. The third-order valence-electron chi connectivity index (χ3n) is 3.81. The molecule has 0 heterocycles. The minimum Gasteiger partial charge on any atom is -0.484 e. The number of nitro groups is 1. The first-order valence-electron chi connectivity index (χ1n) is 7.37. The Balaban J connectivity index is 1.97. The van der Waals surface area contributed by atoms with Crippen LogP contribution in [0.4, 0.5) is 14.5 Å². The van der Waals surface area contributed by atoms with Gasteiger partial charge < -0.3 is 9.64 Å². The number of non-ortho nitro benzene ring substituents is 1. The Kier molecular flexibility index (Phi) is 5.63. The molecule has 6 nitrogen and oxygen atoms in total. The summed E-state index contributed by atoms with van der Waals surface area (Å²) in [5.74, 6) is -2.00. The van der Waals surface area contributed by atoms with Gasteiger partial charge in [-0.2, -0.15) is 0 Å². The molecule has 0 aliphatic rings. The van der Waals surface area contributed by atoms with Crippen molar-refractivity contribution in [2.45, 2.75) is 13.0 Å². The molecule has 0 aliphatic heterocycles. The molecule has 0 saturated carbocycles. The molecule has 1 unspecified atom stereocenters. The summed E-state index contributed by atoms with van der Waals surface area (Å²) < 4.78 is 31.6. The zero-order chi connectivity index (χ0) is 18.6. The largest absolute Gasteiger partial charge is 0.484 e. The van der Waals surface area contributed by atoms with Crippen LogP contribution in [-0.4, -0.2) is 29.4 Å². The van der Waals surface area contributed by atoms with Gasteiger partial charge in [-0.05, 0) is 36.8 Å². The maximum atomic E-state index is 13.3. The molecular formula is C17H16F2N2O4. The first-order chi connectivity index (χ1) is 11.8. The van der Waals surface area contributed by atoms with Crippen molar-refractivity contribution in [2.24, 2.45) is 0 Å². The van der Waals surface area contributed by atoms with Gasteiger partial charge >= 0.3 is 0 Å². The topological polar surface area (TPSA) is 72.7 Å². The number of halogens is 2. The third-order valence-corrected chi connectivity index (χ3v) is 3.81. The molecule has 0 aromatic heterocycles. The SMILES string of the molecule is CC(c1ccc(F)c(F)c1)N(C)C(=O)COc1ccc([N+](=O)[O-])cc1. The molecule has 2 aromatic carbocycles. The monoisotopic (exact) mass is 350 g/mol. The fourth-order valence-electron chi connectivity index (χ4n) is 2.12. The molecule has 1 atom stereocenters. The Labute approximate surface area is 142 Å². The normalized spacial score (nSPS) is 11.7. The number of rotatable bonds is 6. The Morgan fingerprint density at radius 3 is 2.40 bits per heavy atom. The fourth-order valence-corrected chi connectivity index (χ4v) is 2.12. The summed E-state index contributed by atoms with van der Waals surface area (Å²) >= 11 is 0. The molecule has 8 heteroatoms. The van der Waals surface area contributed by atoms with Crippen LogP contribution in [0.15, 0.2) is 42.5 Å². The highest BCUT2D eigenvalue weighted by molar-refractivity contribution is 5.78. The van der Waals surface area contributed by atoms with Crippen molar-refractivity contribution in [3.8, 4) is 5.75 Å². The summed E-state index contributed by atoms with van der Waals surface area (Å²) in [5.41, 5.74) is 0.368. The van der Waals surface area contributed by atoms with Crippen molar-refractivity contribution in [1.82, 2.24) is 4.90 Å². The third kappa shape index (κ3) is 4.50.